The van der Waals surface area contributed by atoms with Gasteiger partial charge in [0.05, 0.1) is 20.1 Å². The minimum absolute atomic E-state index is 0.165. The van der Waals surface area contributed by atoms with E-state index in [4.69, 9.17) is 10.5 Å². The predicted molar refractivity (Wildman–Crippen MR) is 83.2 cm³/mol. The third-order valence-electron chi connectivity index (χ3n) is 3.38. The molecule has 1 aromatic carbocycles. The monoisotopic (exact) mass is 294 g/mol. The summed E-state index contributed by atoms with van der Waals surface area (Å²) < 4.78 is 10.4. The first-order valence-electron chi connectivity index (χ1n) is 7.41. The maximum absolute atomic E-state index is 11.1. The van der Waals surface area contributed by atoms with E-state index in [9.17, 15) is 4.79 Å². The van der Waals surface area contributed by atoms with Gasteiger partial charge >= 0.3 is 5.97 Å². The molecule has 0 saturated carbocycles. The lowest BCUT2D eigenvalue weighted by Crippen LogP contribution is -2.28. The van der Waals surface area contributed by atoms with Crippen molar-refractivity contribution < 1.29 is 14.3 Å². The Bertz CT molecular complexity index is 424. The van der Waals surface area contributed by atoms with Crippen LogP contribution in [0.2, 0.25) is 0 Å². The summed E-state index contributed by atoms with van der Waals surface area (Å²) in [5, 5.41) is 0. The zero-order valence-electron chi connectivity index (χ0n) is 13.0. The molecule has 0 aliphatic heterocycles. The molecule has 0 aliphatic rings. The number of para-hydroxylation sites is 1. The molecule has 0 spiro atoms. The van der Waals surface area contributed by atoms with Gasteiger partial charge in [0.25, 0.3) is 0 Å². The Labute approximate surface area is 127 Å². The molecule has 118 valence electrons. The number of carbonyl (C=O) groups excluding carboxylic acids is 1. The maximum atomic E-state index is 11.1. The molecule has 0 radical (unpaired) electrons. The van der Waals surface area contributed by atoms with Crippen molar-refractivity contribution in [3.8, 4) is 5.75 Å². The van der Waals surface area contributed by atoms with Gasteiger partial charge in [0.1, 0.15) is 5.75 Å². The normalized spacial score (nSPS) is 10.7. The van der Waals surface area contributed by atoms with Gasteiger partial charge < -0.3 is 20.1 Å². The number of nitrogens with zero attached hydrogens (tertiary/aromatic N) is 1. The van der Waals surface area contributed by atoms with Gasteiger partial charge in [-0.2, -0.15) is 0 Å². The number of hydrogen-bond donors (Lipinski definition) is 1. The number of rotatable bonds is 10. The quantitative estimate of drug-likeness (QED) is 0.526. The number of hydrogen-bond acceptors (Lipinski definition) is 5. The second kappa shape index (κ2) is 10.2. The van der Waals surface area contributed by atoms with Crippen molar-refractivity contribution in [3.63, 3.8) is 0 Å². The molecule has 0 amide bonds. The Morgan fingerprint density at radius 3 is 2.71 bits per heavy atom. The molecule has 0 unspecified atom stereocenters. The topological polar surface area (TPSA) is 64.8 Å². The number of benzene rings is 1. The van der Waals surface area contributed by atoms with Crippen LogP contribution in [0.1, 0.15) is 25.3 Å². The number of carbonyl (C=O) groups is 1. The summed E-state index contributed by atoms with van der Waals surface area (Å²) >= 11 is 0. The standard InChI is InChI=1S/C16H26N2O3/c1-3-18(11-9-16(19)20-2)10-6-12-21-15-8-5-4-7-14(15)13-17/h4-5,7-8H,3,6,9-13,17H2,1-2H3. The van der Waals surface area contributed by atoms with Gasteiger partial charge in [-0.15, -0.1) is 0 Å². The van der Waals surface area contributed by atoms with Crippen molar-refractivity contribution in [2.45, 2.75) is 26.3 Å². The van der Waals surface area contributed by atoms with E-state index in [1.807, 2.05) is 24.3 Å². The molecule has 5 nitrogen and oxygen atoms in total. The van der Waals surface area contributed by atoms with E-state index in [2.05, 4.69) is 16.6 Å². The van der Waals surface area contributed by atoms with E-state index in [0.29, 0.717) is 19.6 Å². The summed E-state index contributed by atoms with van der Waals surface area (Å²) in [7, 11) is 1.42. The van der Waals surface area contributed by atoms with Crippen LogP contribution in [0.25, 0.3) is 0 Å². The van der Waals surface area contributed by atoms with Gasteiger partial charge in [-0.25, -0.2) is 0 Å². The van der Waals surface area contributed by atoms with Crippen LogP contribution in [-0.4, -0.2) is 44.2 Å². The van der Waals surface area contributed by atoms with Crippen LogP contribution in [0.3, 0.4) is 0 Å². The molecule has 2 N–H and O–H groups in total. The predicted octanol–water partition coefficient (Wildman–Crippen LogP) is 1.80. The molecule has 0 saturated heterocycles. The maximum Gasteiger partial charge on any atom is 0.306 e. The highest BCUT2D eigenvalue weighted by molar-refractivity contribution is 5.69. The molecule has 0 heterocycles. The van der Waals surface area contributed by atoms with Crippen molar-refractivity contribution >= 4 is 5.97 Å². The summed E-state index contributed by atoms with van der Waals surface area (Å²) in [6.45, 7) is 5.75. The summed E-state index contributed by atoms with van der Waals surface area (Å²) in [4.78, 5) is 13.3. The lowest BCUT2D eigenvalue weighted by molar-refractivity contribution is -0.140. The fourth-order valence-electron chi connectivity index (χ4n) is 2.06. The molecule has 21 heavy (non-hydrogen) atoms. The van der Waals surface area contributed by atoms with Crippen molar-refractivity contribution in [2.75, 3.05) is 33.4 Å². The van der Waals surface area contributed by atoms with E-state index in [1.165, 1.54) is 7.11 Å². The third-order valence-corrected chi connectivity index (χ3v) is 3.38. The van der Waals surface area contributed by atoms with Crippen molar-refractivity contribution in [1.29, 1.82) is 0 Å². The largest absolute Gasteiger partial charge is 0.493 e. The Balaban J connectivity index is 2.27. The lowest BCUT2D eigenvalue weighted by Gasteiger charge is -2.19. The fourth-order valence-corrected chi connectivity index (χ4v) is 2.06. The SMILES string of the molecule is CCN(CCCOc1ccccc1CN)CCC(=O)OC. The van der Waals surface area contributed by atoms with Crippen LogP contribution in [0.5, 0.6) is 5.75 Å². The molecule has 0 fully saturated rings. The number of nitrogens with two attached hydrogens (primary N) is 1. The van der Waals surface area contributed by atoms with E-state index in [0.717, 1.165) is 37.4 Å². The van der Waals surface area contributed by atoms with E-state index in [1.54, 1.807) is 0 Å². The molecule has 5 heteroatoms. The minimum atomic E-state index is -0.165. The molecular weight excluding hydrogens is 268 g/mol. The summed E-state index contributed by atoms with van der Waals surface area (Å²) in [6.07, 6.45) is 1.34. The first kappa shape index (κ1) is 17.5. The molecule has 0 aromatic heterocycles. The van der Waals surface area contributed by atoms with E-state index in [-0.39, 0.29) is 5.97 Å². The van der Waals surface area contributed by atoms with Crippen LogP contribution in [0.15, 0.2) is 24.3 Å². The van der Waals surface area contributed by atoms with Gasteiger partial charge in [-0.3, -0.25) is 4.79 Å². The number of ether oxygens (including phenoxy) is 2. The van der Waals surface area contributed by atoms with Crippen LogP contribution < -0.4 is 10.5 Å². The second-order valence-electron chi connectivity index (χ2n) is 4.77. The van der Waals surface area contributed by atoms with E-state index < -0.39 is 0 Å². The molecule has 0 atom stereocenters. The van der Waals surface area contributed by atoms with Gasteiger partial charge in [0.15, 0.2) is 0 Å². The van der Waals surface area contributed by atoms with Gasteiger partial charge in [0, 0.05) is 25.2 Å². The van der Waals surface area contributed by atoms with E-state index >= 15 is 0 Å². The summed E-state index contributed by atoms with van der Waals surface area (Å²) in [5.41, 5.74) is 6.70. The Kier molecular flexibility index (Phi) is 8.47. The molecule has 1 rings (SSSR count). The third kappa shape index (κ3) is 6.60. The highest BCUT2D eigenvalue weighted by Crippen LogP contribution is 2.17. The van der Waals surface area contributed by atoms with Gasteiger partial charge in [-0.05, 0) is 19.0 Å². The first-order valence-corrected chi connectivity index (χ1v) is 7.41. The zero-order chi connectivity index (χ0) is 15.5. The lowest BCUT2D eigenvalue weighted by atomic mass is 10.2. The van der Waals surface area contributed by atoms with Crippen molar-refractivity contribution in [3.05, 3.63) is 29.8 Å². The van der Waals surface area contributed by atoms with Gasteiger partial charge in [0.2, 0.25) is 0 Å². The van der Waals surface area contributed by atoms with Crippen molar-refractivity contribution in [2.24, 2.45) is 5.73 Å². The van der Waals surface area contributed by atoms with Crippen molar-refractivity contribution in [1.82, 2.24) is 4.90 Å². The molecule has 1 aromatic rings. The Morgan fingerprint density at radius 1 is 1.29 bits per heavy atom. The molecular formula is C16H26N2O3. The molecule has 0 bridgehead atoms. The Morgan fingerprint density at radius 2 is 2.05 bits per heavy atom. The highest BCUT2D eigenvalue weighted by atomic mass is 16.5. The highest BCUT2D eigenvalue weighted by Gasteiger charge is 2.07. The number of esters is 1. The summed E-state index contributed by atoms with van der Waals surface area (Å²) in [5.74, 6) is 0.694. The smallest absolute Gasteiger partial charge is 0.306 e. The average molecular weight is 294 g/mol. The Hall–Kier alpha value is -1.59. The minimum Gasteiger partial charge on any atom is -0.493 e. The van der Waals surface area contributed by atoms with Crippen LogP contribution in [0, 0.1) is 0 Å². The van der Waals surface area contributed by atoms with Gasteiger partial charge in [-0.1, -0.05) is 25.1 Å². The fraction of sp³-hybridized carbons (Fsp3) is 0.562. The van der Waals surface area contributed by atoms with Crippen LogP contribution >= 0.6 is 0 Å². The second-order valence-corrected chi connectivity index (χ2v) is 4.77. The number of methoxy groups -OCH3 is 1. The average Bonchev–Trinajstić information content (AvgIpc) is 2.54. The van der Waals surface area contributed by atoms with Crippen LogP contribution in [-0.2, 0) is 16.1 Å². The molecule has 0 aliphatic carbocycles. The van der Waals surface area contributed by atoms with Crippen LogP contribution in [0.4, 0.5) is 0 Å². The summed E-state index contributed by atoms with van der Waals surface area (Å²) in [6, 6.07) is 7.82. The first-order chi connectivity index (χ1) is 10.2. The zero-order valence-corrected chi connectivity index (χ0v) is 13.0.